The molecule has 0 saturated carbocycles. The van der Waals surface area contributed by atoms with Crippen LogP contribution >= 0.6 is 11.6 Å². The van der Waals surface area contributed by atoms with Gasteiger partial charge in [0, 0.05) is 24.5 Å². The number of nitrogens with one attached hydrogen (secondary N) is 1. The van der Waals surface area contributed by atoms with E-state index in [0.29, 0.717) is 13.1 Å². The summed E-state index contributed by atoms with van der Waals surface area (Å²) in [6.45, 7) is 4.91. The molecule has 0 amide bonds. The van der Waals surface area contributed by atoms with Gasteiger partial charge in [0.25, 0.3) is 0 Å². The Bertz CT molecular complexity index is 688. The van der Waals surface area contributed by atoms with E-state index >= 15 is 0 Å². The summed E-state index contributed by atoms with van der Waals surface area (Å²) >= 11 is 5.91. The summed E-state index contributed by atoms with van der Waals surface area (Å²) in [6.07, 6.45) is 0. The molecule has 108 valence electrons. The molecule has 0 bridgehead atoms. The highest BCUT2D eigenvalue weighted by atomic mass is 35.5. The van der Waals surface area contributed by atoms with Gasteiger partial charge in [0.2, 0.25) is 10.0 Å². The number of hydrogen-bond donors (Lipinski definition) is 1. The molecule has 20 heavy (non-hydrogen) atoms. The zero-order chi connectivity index (χ0) is 14.8. The Hall–Kier alpha value is -1.30. The average Bonchev–Trinajstić information content (AvgIpc) is 2.70. The topological polar surface area (TPSA) is 51.1 Å². The maximum Gasteiger partial charge on any atom is 0.242 e. The van der Waals surface area contributed by atoms with Crippen LogP contribution in [0.2, 0.25) is 5.02 Å². The SMILES string of the molecule is Cc1ccc(C)n1CCNS(=O)(=O)c1ccccc1Cl. The summed E-state index contributed by atoms with van der Waals surface area (Å²) in [6, 6.07) is 10.4. The zero-order valence-electron chi connectivity index (χ0n) is 11.4. The minimum absolute atomic E-state index is 0.114. The summed E-state index contributed by atoms with van der Waals surface area (Å²) in [4.78, 5) is 0.114. The van der Waals surface area contributed by atoms with Crippen molar-refractivity contribution in [1.82, 2.24) is 9.29 Å². The van der Waals surface area contributed by atoms with E-state index in [1.165, 1.54) is 6.07 Å². The van der Waals surface area contributed by atoms with Crippen LogP contribution in [0.5, 0.6) is 0 Å². The number of aromatic nitrogens is 1. The molecule has 0 spiro atoms. The fourth-order valence-corrected chi connectivity index (χ4v) is 3.62. The van der Waals surface area contributed by atoms with E-state index < -0.39 is 10.0 Å². The van der Waals surface area contributed by atoms with E-state index in [-0.39, 0.29) is 9.92 Å². The molecule has 0 aliphatic carbocycles. The maximum atomic E-state index is 12.1. The van der Waals surface area contributed by atoms with Gasteiger partial charge >= 0.3 is 0 Å². The summed E-state index contributed by atoms with van der Waals surface area (Å²) in [7, 11) is -3.57. The number of benzene rings is 1. The lowest BCUT2D eigenvalue weighted by atomic mass is 10.4. The second kappa shape index (κ2) is 5.99. The molecule has 0 radical (unpaired) electrons. The van der Waals surface area contributed by atoms with E-state index in [2.05, 4.69) is 9.29 Å². The molecule has 0 unspecified atom stereocenters. The largest absolute Gasteiger partial charge is 0.348 e. The quantitative estimate of drug-likeness (QED) is 0.923. The van der Waals surface area contributed by atoms with Gasteiger partial charge in [-0.1, -0.05) is 23.7 Å². The highest BCUT2D eigenvalue weighted by molar-refractivity contribution is 7.89. The van der Waals surface area contributed by atoms with Crippen LogP contribution in [0.15, 0.2) is 41.3 Å². The summed E-state index contributed by atoms with van der Waals surface area (Å²) < 4.78 is 28.9. The van der Waals surface area contributed by atoms with Gasteiger partial charge in [-0.3, -0.25) is 0 Å². The van der Waals surface area contributed by atoms with Crippen LogP contribution in [0.4, 0.5) is 0 Å². The first-order valence-electron chi connectivity index (χ1n) is 6.29. The number of aryl methyl sites for hydroxylation is 2. The highest BCUT2D eigenvalue weighted by Crippen LogP contribution is 2.20. The molecule has 0 aliphatic rings. The van der Waals surface area contributed by atoms with Gasteiger partial charge in [-0.2, -0.15) is 0 Å². The van der Waals surface area contributed by atoms with Crippen molar-refractivity contribution in [2.75, 3.05) is 6.54 Å². The third-order valence-electron chi connectivity index (χ3n) is 3.17. The number of rotatable bonds is 5. The van der Waals surface area contributed by atoms with Crippen LogP contribution in [-0.4, -0.2) is 19.5 Å². The minimum Gasteiger partial charge on any atom is -0.348 e. The summed E-state index contributed by atoms with van der Waals surface area (Å²) in [5.41, 5.74) is 2.22. The first kappa shape index (κ1) is 15.1. The number of hydrogen-bond acceptors (Lipinski definition) is 2. The second-order valence-electron chi connectivity index (χ2n) is 4.60. The zero-order valence-corrected chi connectivity index (χ0v) is 13.0. The van der Waals surface area contributed by atoms with E-state index in [9.17, 15) is 8.42 Å². The van der Waals surface area contributed by atoms with Crippen molar-refractivity contribution < 1.29 is 8.42 Å². The fraction of sp³-hybridized carbons (Fsp3) is 0.286. The number of sulfonamides is 1. The smallest absolute Gasteiger partial charge is 0.242 e. The Kier molecular flexibility index (Phi) is 4.52. The molecule has 1 aromatic heterocycles. The van der Waals surface area contributed by atoms with Gasteiger partial charge in [-0.25, -0.2) is 13.1 Å². The molecule has 0 fully saturated rings. The van der Waals surface area contributed by atoms with E-state index in [1.54, 1.807) is 18.2 Å². The molecular weight excluding hydrogens is 296 g/mol. The predicted molar refractivity (Wildman–Crippen MR) is 80.5 cm³/mol. The Morgan fingerprint density at radius 2 is 1.70 bits per heavy atom. The van der Waals surface area contributed by atoms with Crippen molar-refractivity contribution in [3.63, 3.8) is 0 Å². The van der Waals surface area contributed by atoms with E-state index in [4.69, 9.17) is 11.6 Å². The molecule has 1 aromatic carbocycles. The van der Waals surface area contributed by atoms with Gasteiger partial charge in [-0.15, -0.1) is 0 Å². The first-order chi connectivity index (χ1) is 9.42. The van der Waals surface area contributed by atoms with Crippen molar-refractivity contribution in [2.24, 2.45) is 0 Å². The standard InChI is InChI=1S/C14H17ClN2O2S/c1-11-7-8-12(2)17(11)10-9-16-20(18,19)14-6-4-3-5-13(14)15/h3-8,16H,9-10H2,1-2H3. The van der Waals surface area contributed by atoms with Crippen molar-refractivity contribution in [3.05, 3.63) is 52.8 Å². The van der Waals surface area contributed by atoms with Crippen molar-refractivity contribution in [3.8, 4) is 0 Å². The van der Waals surface area contributed by atoms with Gasteiger partial charge in [0.1, 0.15) is 4.90 Å². The van der Waals surface area contributed by atoms with Gasteiger partial charge in [0.05, 0.1) is 5.02 Å². The summed E-state index contributed by atoms with van der Waals surface area (Å²) in [5, 5.41) is 0.230. The predicted octanol–water partition coefficient (Wildman–Crippen LogP) is 2.74. The van der Waals surface area contributed by atoms with Gasteiger partial charge in [0.15, 0.2) is 0 Å². The van der Waals surface area contributed by atoms with Gasteiger partial charge in [-0.05, 0) is 38.1 Å². The van der Waals surface area contributed by atoms with E-state index in [0.717, 1.165) is 11.4 Å². The first-order valence-corrected chi connectivity index (χ1v) is 8.15. The Balaban J connectivity index is 2.06. The normalized spacial score (nSPS) is 11.8. The molecule has 6 heteroatoms. The van der Waals surface area contributed by atoms with Crippen molar-refractivity contribution in [1.29, 1.82) is 0 Å². The Morgan fingerprint density at radius 1 is 1.10 bits per heavy atom. The molecule has 0 saturated heterocycles. The Labute approximate surface area is 124 Å². The summed E-state index contributed by atoms with van der Waals surface area (Å²) in [5.74, 6) is 0. The molecule has 1 heterocycles. The number of nitrogens with zero attached hydrogens (tertiary/aromatic N) is 1. The third kappa shape index (κ3) is 3.23. The molecule has 1 N–H and O–H groups in total. The van der Waals surface area contributed by atoms with Crippen LogP contribution in [-0.2, 0) is 16.6 Å². The highest BCUT2D eigenvalue weighted by Gasteiger charge is 2.16. The molecular formula is C14H17ClN2O2S. The van der Waals surface area contributed by atoms with E-state index in [1.807, 2.05) is 26.0 Å². The van der Waals surface area contributed by atoms with Gasteiger partial charge < -0.3 is 4.57 Å². The molecule has 0 aliphatic heterocycles. The molecule has 0 atom stereocenters. The molecule has 2 rings (SSSR count). The molecule has 4 nitrogen and oxygen atoms in total. The minimum atomic E-state index is -3.57. The maximum absolute atomic E-state index is 12.1. The van der Waals surface area contributed by atoms with Crippen LogP contribution in [0.3, 0.4) is 0 Å². The van der Waals surface area contributed by atoms with Crippen LogP contribution in [0.1, 0.15) is 11.4 Å². The van der Waals surface area contributed by atoms with Crippen LogP contribution in [0, 0.1) is 13.8 Å². The molecule has 2 aromatic rings. The average molecular weight is 313 g/mol. The third-order valence-corrected chi connectivity index (χ3v) is 5.13. The Morgan fingerprint density at radius 3 is 2.30 bits per heavy atom. The van der Waals surface area contributed by atoms with Crippen LogP contribution in [0.25, 0.3) is 0 Å². The van der Waals surface area contributed by atoms with Crippen molar-refractivity contribution in [2.45, 2.75) is 25.3 Å². The lowest BCUT2D eigenvalue weighted by Crippen LogP contribution is -2.28. The second-order valence-corrected chi connectivity index (χ2v) is 6.74. The monoisotopic (exact) mass is 312 g/mol. The fourth-order valence-electron chi connectivity index (χ4n) is 2.08. The van der Waals surface area contributed by atoms with Crippen LogP contribution < -0.4 is 4.72 Å². The lowest BCUT2D eigenvalue weighted by molar-refractivity contribution is 0.570. The number of halogens is 1. The van der Waals surface area contributed by atoms with Crippen molar-refractivity contribution >= 4 is 21.6 Å². The lowest BCUT2D eigenvalue weighted by Gasteiger charge is -2.11.